The molecule has 1 amide bonds. The largest absolute Gasteiger partial charge is 0.336 e. The second-order valence-corrected chi connectivity index (χ2v) is 5.35. The lowest BCUT2D eigenvalue weighted by atomic mass is 9.62. The topological polar surface area (TPSA) is 57.0 Å². The van der Waals surface area contributed by atoms with Crippen LogP contribution in [0.2, 0.25) is 0 Å². The van der Waals surface area contributed by atoms with Gasteiger partial charge in [-0.15, -0.1) is 0 Å². The van der Waals surface area contributed by atoms with E-state index in [2.05, 4.69) is 18.0 Å². The number of carbonyl (C=O) groups is 1. The molecule has 0 aliphatic heterocycles. The standard InChI is InChI=1S/C15H19N3O/c1-3-18(10-13-6-4-5-7-17-13)14(19)15(11-16)8-12(2)9-15/h4-7,12H,3,8-10H2,1-2H3. The predicted molar refractivity (Wildman–Crippen MR) is 71.8 cm³/mol. The van der Waals surface area contributed by atoms with Crippen LogP contribution in [-0.4, -0.2) is 22.3 Å². The molecule has 19 heavy (non-hydrogen) atoms. The third kappa shape index (κ3) is 2.60. The Morgan fingerprint density at radius 2 is 2.32 bits per heavy atom. The van der Waals surface area contributed by atoms with Crippen molar-refractivity contribution in [2.45, 2.75) is 33.2 Å². The molecular weight excluding hydrogens is 238 g/mol. The van der Waals surface area contributed by atoms with Gasteiger partial charge in [0.2, 0.25) is 5.91 Å². The second-order valence-electron chi connectivity index (χ2n) is 5.35. The highest BCUT2D eigenvalue weighted by atomic mass is 16.2. The van der Waals surface area contributed by atoms with Gasteiger partial charge in [-0.1, -0.05) is 13.0 Å². The average Bonchev–Trinajstić information content (AvgIpc) is 2.41. The number of pyridine rings is 1. The maximum absolute atomic E-state index is 12.5. The summed E-state index contributed by atoms with van der Waals surface area (Å²) in [7, 11) is 0. The van der Waals surface area contributed by atoms with Gasteiger partial charge in [-0.25, -0.2) is 0 Å². The Morgan fingerprint density at radius 3 is 2.79 bits per heavy atom. The first-order valence-corrected chi connectivity index (χ1v) is 6.72. The number of nitriles is 1. The van der Waals surface area contributed by atoms with Gasteiger partial charge in [-0.2, -0.15) is 5.26 Å². The third-order valence-electron chi connectivity index (χ3n) is 3.77. The minimum atomic E-state index is -0.787. The minimum Gasteiger partial charge on any atom is -0.336 e. The first-order chi connectivity index (χ1) is 9.11. The molecule has 0 spiro atoms. The highest BCUT2D eigenvalue weighted by molar-refractivity contribution is 5.86. The van der Waals surface area contributed by atoms with Crippen molar-refractivity contribution in [2.75, 3.05) is 6.54 Å². The molecule has 1 fully saturated rings. The SMILES string of the molecule is CCN(Cc1ccccn1)C(=O)C1(C#N)CC(C)C1. The van der Waals surface area contributed by atoms with Gasteiger partial charge in [0.25, 0.3) is 0 Å². The molecule has 1 aromatic heterocycles. The Labute approximate surface area is 114 Å². The lowest BCUT2D eigenvalue weighted by Gasteiger charge is -2.42. The number of nitrogens with zero attached hydrogens (tertiary/aromatic N) is 3. The Balaban J connectivity index is 2.10. The summed E-state index contributed by atoms with van der Waals surface area (Å²) in [4.78, 5) is 18.5. The van der Waals surface area contributed by atoms with Gasteiger partial charge in [0.05, 0.1) is 18.3 Å². The molecular formula is C15H19N3O. The summed E-state index contributed by atoms with van der Waals surface area (Å²) in [6.45, 7) is 5.10. The Hall–Kier alpha value is -1.89. The summed E-state index contributed by atoms with van der Waals surface area (Å²) in [6.07, 6.45) is 3.08. The minimum absolute atomic E-state index is 0.0405. The van der Waals surface area contributed by atoms with E-state index in [1.165, 1.54) is 0 Å². The molecule has 0 bridgehead atoms. The van der Waals surface area contributed by atoms with E-state index in [1.54, 1.807) is 11.1 Å². The average molecular weight is 257 g/mol. The molecule has 1 heterocycles. The normalized spacial score (nSPS) is 25.2. The van der Waals surface area contributed by atoms with Crippen molar-refractivity contribution in [1.82, 2.24) is 9.88 Å². The molecule has 0 N–H and O–H groups in total. The number of rotatable bonds is 4. The van der Waals surface area contributed by atoms with Gasteiger partial charge >= 0.3 is 0 Å². The van der Waals surface area contributed by atoms with Crippen molar-refractivity contribution in [3.63, 3.8) is 0 Å². The first-order valence-electron chi connectivity index (χ1n) is 6.72. The molecule has 100 valence electrons. The van der Waals surface area contributed by atoms with E-state index in [4.69, 9.17) is 0 Å². The van der Waals surface area contributed by atoms with Crippen molar-refractivity contribution in [1.29, 1.82) is 5.26 Å². The van der Waals surface area contributed by atoms with Gasteiger partial charge in [-0.3, -0.25) is 9.78 Å². The molecule has 2 rings (SSSR count). The molecule has 0 unspecified atom stereocenters. The summed E-state index contributed by atoms with van der Waals surface area (Å²) >= 11 is 0. The molecule has 0 atom stereocenters. The first kappa shape index (κ1) is 13.5. The number of hydrogen-bond donors (Lipinski definition) is 0. The molecule has 4 heteroatoms. The van der Waals surface area contributed by atoms with E-state index in [9.17, 15) is 10.1 Å². The Bertz CT molecular complexity index is 486. The lowest BCUT2D eigenvalue weighted by Crippen LogP contribution is -2.49. The number of amides is 1. The van der Waals surface area contributed by atoms with Crippen molar-refractivity contribution >= 4 is 5.91 Å². The lowest BCUT2D eigenvalue weighted by molar-refractivity contribution is -0.145. The Kier molecular flexibility index (Phi) is 3.84. The van der Waals surface area contributed by atoms with Crippen molar-refractivity contribution < 1.29 is 4.79 Å². The van der Waals surface area contributed by atoms with Crippen LogP contribution >= 0.6 is 0 Å². The molecule has 1 aliphatic carbocycles. The van der Waals surface area contributed by atoms with Crippen molar-refractivity contribution in [3.8, 4) is 6.07 Å². The van der Waals surface area contributed by atoms with Gasteiger partial charge in [0.15, 0.2) is 0 Å². The maximum atomic E-state index is 12.5. The molecule has 0 radical (unpaired) electrons. The molecule has 1 aliphatic rings. The molecule has 1 saturated carbocycles. The van der Waals surface area contributed by atoms with Crippen LogP contribution in [0.1, 0.15) is 32.4 Å². The third-order valence-corrected chi connectivity index (χ3v) is 3.77. The smallest absolute Gasteiger partial charge is 0.243 e. The summed E-state index contributed by atoms with van der Waals surface area (Å²) in [5.74, 6) is 0.429. The fraction of sp³-hybridized carbons (Fsp3) is 0.533. The molecule has 4 nitrogen and oxygen atoms in total. The van der Waals surface area contributed by atoms with Gasteiger partial charge in [-0.05, 0) is 37.8 Å². The van der Waals surface area contributed by atoms with Gasteiger partial charge < -0.3 is 4.90 Å². The second kappa shape index (κ2) is 5.40. The molecule has 0 saturated heterocycles. The van der Waals surface area contributed by atoms with Gasteiger partial charge in [0, 0.05) is 12.7 Å². The zero-order valence-corrected chi connectivity index (χ0v) is 11.5. The number of hydrogen-bond acceptors (Lipinski definition) is 3. The van der Waals surface area contributed by atoms with Crippen molar-refractivity contribution in [2.24, 2.45) is 11.3 Å². The quantitative estimate of drug-likeness (QED) is 0.832. The summed E-state index contributed by atoms with van der Waals surface area (Å²) in [5, 5.41) is 9.32. The van der Waals surface area contributed by atoms with E-state index in [-0.39, 0.29) is 5.91 Å². The fourth-order valence-electron chi connectivity index (χ4n) is 2.76. The zero-order chi connectivity index (χ0) is 13.9. The molecule has 1 aromatic rings. The van der Waals surface area contributed by atoms with Crippen LogP contribution in [0.3, 0.4) is 0 Å². The highest BCUT2D eigenvalue weighted by Crippen LogP contribution is 2.46. The van der Waals surface area contributed by atoms with E-state index < -0.39 is 5.41 Å². The van der Waals surface area contributed by atoms with E-state index >= 15 is 0 Å². The highest BCUT2D eigenvalue weighted by Gasteiger charge is 2.50. The van der Waals surface area contributed by atoms with Crippen LogP contribution in [0.15, 0.2) is 24.4 Å². The van der Waals surface area contributed by atoms with E-state index in [0.29, 0.717) is 31.8 Å². The zero-order valence-electron chi connectivity index (χ0n) is 11.5. The monoisotopic (exact) mass is 257 g/mol. The summed E-state index contributed by atoms with van der Waals surface area (Å²) in [6, 6.07) is 7.90. The van der Waals surface area contributed by atoms with Crippen LogP contribution in [0.5, 0.6) is 0 Å². The van der Waals surface area contributed by atoms with Crippen LogP contribution in [0, 0.1) is 22.7 Å². The van der Waals surface area contributed by atoms with Crippen LogP contribution in [-0.2, 0) is 11.3 Å². The fourth-order valence-corrected chi connectivity index (χ4v) is 2.76. The van der Waals surface area contributed by atoms with Gasteiger partial charge in [0.1, 0.15) is 5.41 Å². The maximum Gasteiger partial charge on any atom is 0.243 e. The Morgan fingerprint density at radius 1 is 1.58 bits per heavy atom. The molecule has 0 aromatic carbocycles. The van der Waals surface area contributed by atoms with Crippen molar-refractivity contribution in [3.05, 3.63) is 30.1 Å². The summed E-state index contributed by atoms with van der Waals surface area (Å²) in [5.41, 5.74) is 0.0719. The number of aromatic nitrogens is 1. The predicted octanol–water partition coefficient (Wildman–Crippen LogP) is 2.37. The van der Waals surface area contributed by atoms with E-state index in [0.717, 1.165) is 5.69 Å². The summed E-state index contributed by atoms with van der Waals surface area (Å²) < 4.78 is 0. The number of carbonyl (C=O) groups excluding carboxylic acids is 1. The van der Waals surface area contributed by atoms with Crippen LogP contribution < -0.4 is 0 Å². The van der Waals surface area contributed by atoms with Crippen LogP contribution in [0.25, 0.3) is 0 Å². The van der Waals surface area contributed by atoms with E-state index in [1.807, 2.05) is 25.1 Å². The van der Waals surface area contributed by atoms with Crippen LogP contribution in [0.4, 0.5) is 0 Å².